The first-order valence-corrected chi connectivity index (χ1v) is 7.13. The molecule has 3 heteroatoms. The van der Waals surface area contributed by atoms with Crippen molar-refractivity contribution in [1.82, 2.24) is 0 Å². The van der Waals surface area contributed by atoms with Crippen molar-refractivity contribution in [2.75, 3.05) is 7.11 Å². The van der Waals surface area contributed by atoms with E-state index in [9.17, 15) is 0 Å². The van der Waals surface area contributed by atoms with Gasteiger partial charge in [0.05, 0.1) is 13.7 Å². The van der Waals surface area contributed by atoms with Gasteiger partial charge in [0.2, 0.25) is 0 Å². The van der Waals surface area contributed by atoms with E-state index in [1.165, 1.54) is 5.56 Å². The number of rotatable bonds is 3. The van der Waals surface area contributed by atoms with E-state index in [2.05, 4.69) is 46.8 Å². The molecule has 0 saturated heterocycles. The molecule has 1 aromatic carbocycles. The van der Waals surface area contributed by atoms with Crippen LogP contribution in [0.25, 0.3) is 11.0 Å². The number of furan rings is 1. The van der Waals surface area contributed by atoms with Crippen LogP contribution in [-0.2, 0) is 12.0 Å². The Morgan fingerprint density at radius 3 is 2.35 bits per heavy atom. The van der Waals surface area contributed by atoms with Crippen molar-refractivity contribution in [3.8, 4) is 5.75 Å². The quantitative estimate of drug-likeness (QED) is 0.907. The van der Waals surface area contributed by atoms with Crippen LogP contribution in [0.15, 0.2) is 16.5 Å². The van der Waals surface area contributed by atoms with Crippen molar-refractivity contribution in [3.05, 3.63) is 29.0 Å². The van der Waals surface area contributed by atoms with Crippen LogP contribution in [0.2, 0.25) is 0 Å². The molecular formula is C17H25NO2. The van der Waals surface area contributed by atoms with Crippen molar-refractivity contribution in [3.63, 3.8) is 0 Å². The Morgan fingerprint density at radius 2 is 1.90 bits per heavy atom. The zero-order chi connectivity index (χ0) is 15.1. The lowest BCUT2D eigenvalue weighted by Gasteiger charge is -2.20. The fourth-order valence-corrected chi connectivity index (χ4v) is 2.70. The Morgan fingerprint density at radius 1 is 1.25 bits per heavy atom. The van der Waals surface area contributed by atoms with Gasteiger partial charge in [-0.1, -0.05) is 34.6 Å². The lowest BCUT2D eigenvalue weighted by atomic mass is 9.85. The van der Waals surface area contributed by atoms with Gasteiger partial charge in [0, 0.05) is 16.5 Å². The maximum Gasteiger partial charge on any atom is 0.138 e. The van der Waals surface area contributed by atoms with Gasteiger partial charge in [-0.15, -0.1) is 0 Å². The molecule has 1 heterocycles. The molecule has 0 fully saturated rings. The largest absolute Gasteiger partial charge is 0.497 e. The second-order valence-electron chi connectivity index (χ2n) is 6.60. The number of benzene rings is 1. The smallest absolute Gasteiger partial charge is 0.138 e. The summed E-state index contributed by atoms with van der Waals surface area (Å²) in [6.07, 6.45) is 0. The summed E-state index contributed by atoms with van der Waals surface area (Å²) in [5.41, 5.74) is 9.16. The number of ether oxygens (including phenoxy) is 1. The fraction of sp³-hybridized carbons (Fsp3) is 0.529. The minimum absolute atomic E-state index is 0.00917. The van der Waals surface area contributed by atoms with Crippen molar-refractivity contribution >= 4 is 11.0 Å². The van der Waals surface area contributed by atoms with Gasteiger partial charge in [0.15, 0.2) is 0 Å². The highest BCUT2D eigenvalue weighted by molar-refractivity contribution is 5.88. The van der Waals surface area contributed by atoms with Crippen molar-refractivity contribution in [1.29, 1.82) is 0 Å². The predicted octanol–water partition coefficient (Wildman–Crippen LogP) is 4.32. The molecule has 110 valence electrons. The third kappa shape index (κ3) is 2.42. The molecule has 0 spiro atoms. The van der Waals surface area contributed by atoms with E-state index in [0.29, 0.717) is 12.5 Å². The molecule has 20 heavy (non-hydrogen) atoms. The van der Waals surface area contributed by atoms with Gasteiger partial charge in [0.25, 0.3) is 0 Å². The first-order chi connectivity index (χ1) is 9.29. The van der Waals surface area contributed by atoms with Gasteiger partial charge >= 0.3 is 0 Å². The molecule has 3 nitrogen and oxygen atoms in total. The zero-order valence-corrected chi connectivity index (χ0v) is 13.3. The Balaban J connectivity index is 2.88. The number of hydrogen-bond acceptors (Lipinski definition) is 3. The second kappa shape index (κ2) is 5.13. The third-order valence-corrected chi connectivity index (χ3v) is 3.68. The van der Waals surface area contributed by atoms with E-state index in [0.717, 1.165) is 28.0 Å². The first-order valence-electron chi connectivity index (χ1n) is 7.13. The van der Waals surface area contributed by atoms with Crippen LogP contribution in [0, 0.1) is 0 Å². The Labute approximate surface area is 121 Å². The van der Waals surface area contributed by atoms with Gasteiger partial charge in [-0.05, 0) is 23.5 Å². The number of methoxy groups -OCH3 is 1. The van der Waals surface area contributed by atoms with Crippen LogP contribution in [0.3, 0.4) is 0 Å². The van der Waals surface area contributed by atoms with E-state index in [1.807, 2.05) is 0 Å². The molecule has 0 unspecified atom stereocenters. The molecule has 1 aromatic heterocycles. The summed E-state index contributed by atoms with van der Waals surface area (Å²) in [5.74, 6) is 2.12. The summed E-state index contributed by atoms with van der Waals surface area (Å²) in [4.78, 5) is 0. The maximum atomic E-state index is 6.09. The van der Waals surface area contributed by atoms with Gasteiger partial charge < -0.3 is 14.9 Å². The van der Waals surface area contributed by atoms with E-state index in [1.54, 1.807) is 7.11 Å². The summed E-state index contributed by atoms with van der Waals surface area (Å²) < 4.78 is 11.5. The first kappa shape index (κ1) is 14.9. The molecular weight excluding hydrogens is 250 g/mol. The van der Waals surface area contributed by atoms with E-state index in [4.69, 9.17) is 14.9 Å². The Hall–Kier alpha value is -1.48. The molecule has 0 aliphatic carbocycles. The molecule has 0 bridgehead atoms. The highest BCUT2D eigenvalue weighted by atomic mass is 16.5. The lowest BCUT2D eigenvalue weighted by molar-refractivity contribution is 0.413. The Bertz CT molecular complexity index is 618. The van der Waals surface area contributed by atoms with E-state index >= 15 is 0 Å². The zero-order valence-electron chi connectivity index (χ0n) is 13.3. The van der Waals surface area contributed by atoms with Crippen LogP contribution >= 0.6 is 0 Å². The van der Waals surface area contributed by atoms with Crippen LogP contribution in [0.5, 0.6) is 5.75 Å². The Kier molecular flexibility index (Phi) is 3.83. The highest BCUT2D eigenvalue weighted by Gasteiger charge is 2.25. The van der Waals surface area contributed by atoms with Crippen LogP contribution in [0.4, 0.5) is 0 Å². The summed E-state index contributed by atoms with van der Waals surface area (Å²) >= 11 is 0. The van der Waals surface area contributed by atoms with Gasteiger partial charge in [0.1, 0.15) is 17.1 Å². The standard InChI is InChI=1S/C17H25NO2/c1-10(2)15-12-7-11(19-6)8-13(17(3,4)5)16(12)20-14(15)9-18/h7-8,10H,9,18H2,1-6H3. The van der Waals surface area contributed by atoms with Crippen LogP contribution < -0.4 is 10.5 Å². The van der Waals surface area contributed by atoms with Crippen LogP contribution in [-0.4, -0.2) is 7.11 Å². The summed E-state index contributed by atoms with van der Waals surface area (Å²) in [7, 11) is 1.70. The summed E-state index contributed by atoms with van der Waals surface area (Å²) in [5, 5.41) is 1.13. The number of nitrogens with two attached hydrogens (primary N) is 1. The van der Waals surface area contributed by atoms with Crippen LogP contribution in [0.1, 0.15) is 57.4 Å². The topological polar surface area (TPSA) is 48.4 Å². The van der Waals surface area contributed by atoms with E-state index in [-0.39, 0.29) is 5.41 Å². The lowest BCUT2D eigenvalue weighted by Crippen LogP contribution is -2.11. The SMILES string of the molecule is COc1cc(C(C)(C)C)c2oc(CN)c(C(C)C)c2c1. The van der Waals surface area contributed by atoms with Crippen molar-refractivity contribution in [2.45, 2.75) is 52.5 Å². The molecule has 2 aromatic rings. The molecule has 0 amide bonds. The average Bonchev–Trinajstić information content (AvgIpc) is 2.74. The normalized spacial score (nSPS) is 12.4. The van der Waals surface area contributed by atoms with Gasteiger partial charge in [-0.2, -0.15) is 0 Å². The molecule has 0 radical (unpaired) electrons. The second-order valence-corrected chi connectivity index (χ2v) is 6.60. The molecule has 2 rings (SSSR count). The highest BCUT2D eigenvalue weighted by Crippen LogP contribution is 2.40. The third-order valence-electron chi connectivity index (χ3n) is 3.68. The minimum Gasteiger partial charge on any atom is -0.497 e. The van der Waals surface area contributed by atoms with Gasteiger partial charge in [-0.25, -0.2) is 0 Å². The number of fused-ring (bicyclic) bond motifs is 1. The van der Waals surface area contributed by atoms with Gasteiger partial charge in [-0.3, -0.25) is 0 Å². The average molecular weight is 275 g/mol. The predicted molar refractivity (Wildman–Crippen MR) is 83.4 cm³/mol. The van der Waals surface area contributed by atoms with Crippen molar-refractivity contribution in [2.24, 2.45) is 5.73 Å². The van der Waals surface area contributed by atoms with Crippen molar-refractivity contribution < 1.29 is 9.15 Å². The number of hydrogen-bond donors (Lipinski definition) is 1. The molecule has 0 saturated carbocycles. The molecule has 0 atom stereocenters. The maximum absolute atomic E-state index is 6.09. The minimum atomic E-state index is -0.00917. The summed E-state index contributed by atoms with van der Waals surface area (Å²) in [6.45, 7) is 11.3. The monoisotopic (exact) mass is 275 g/mol. The van der Waals surface area contributed by atoms with E-state index < -0.39 is 0 Å². The fourth-order valence-electron chi connectivity index (χ4n) is 2.70. The molecule has 2 N–H and O–H groups in total. The summed E-state index contributed by atoms with van der Waals surface area (Å²) in [6, 6.07) is 4.12. The molecule has 0 aliphatic heterocycles. The molecule has 0 aliphatic rings.